The van der Waals surface area contributed by atoms with Crippen LogP contribution in [0.1, 0.15) is 34.9 Å². The van der Waals surface area contributed by atoms with Crippen LogP contribution in [-0.4, -0.2) is 18.6 Å². The summed E-state index contributed by atoms with van der Waals surface area (Å²) in [6.45, 7) is 2.98. The first-order chi connectivity index (χ1) is 9.69. The summed E-state index contributed by atoms with van der Waals surface area (Å²) in [4.78, 5) is 6.22. The molecule has 0 saturated heterocycles. The van der Waals surface area contributed by atoms with Gasteiger partial charge in [0.1, 0.15) is 10.8 Å². The van der Waals surface area contributed by atoms with Crippen LogP contribution in [0.2, 0.25) is 0 Å². The van der Waals surface area contributed by atoms with Crippen LogP contribution in [0.4, 0.5) is 4.39 Å². The average molecular weight is 290 g/mol. The molecule has 1 unspecified atom stereocenters. The number of likely N-dealkylation sites (N-methyl/N-ethyl adjacent to an activating group) is 1. The predicted molar refractivity (Wildman–Crippen MR) is 81.9 cm³/mol. The van der Waals surface area contributed by atoms with Crippen molar-refractivity contribution < 1.29 is 4.39 Å². The van der Waals surface area contributed by atoms with Gasteiger partial charge in [-0.3, -0.25) is 0 Å². The van der Waals surface area contributed by atoms with Gasteiger partial charge in [0.2, 0.25) is 0 Å². The van der Waals surface area contributed by atoms with Gasteiger partial charge in [-0.25, -0.2) is 9.37 Å². The number of nitrogens with zero attached hydrogens (tertiary/aromatic N) is 1. The zero-order valence-corrected chi connectivity index (χ0v) is 12.7. The normalized spacial score (nSPS) is 18.1. The molecule has 106 valence electrons. The molecule has 0 amide bonds. The largest absolute Gasteiger partial charge is 0.319 e. The number of hydrogen-bond acceptors (Lipinski definition) is 3. The molecule has 1 aromatic carbocycles. The van der Waals surface area contributed by atoms with Crippen molar-refractivity contribution in [2.75, 3.05) is 13.6 Å². The van der Waals surface area contributed by atoms with Crippen LogP contribution in [0, 0.1) is 12.7 Å². The van der Waals surface area contributed by atoms with Gasteiger partial charge in [-0.15, -0.1) is 11.3 Å². The van der Waals surface area contributed by atoms with Gasteiger partial charge in [0.05, 0.1) is 5.69 Å². The van der Waals surface area contributed by atoms with E-state index in [0.717, 1.165) is 29.1 Å². The number of halogens is 1. The zero-order valence-electron chi connectivity index (χ0n) is 11.9. The maximum absolute atomic E-state index is 13.5. The van der Waals surface area contributed by atoms with Gasteiger partial charge < -0.3 is 5.32 Å². The summed E-state index contributed by atoms with van der Waals surface area (Å²) in [5, 5.41) is 4.22. The number of fused-ring (bicyclic) bond motifs is 1. The molecular weight excluding hydrogens is 271 g/mol. The van der Waals surface area contributed by atoms with E-state index in [2.05, 4.69) is 5.32 Å². The van der Waals surface area contributed by atoms with E-state index in [9.17, 15) is 4.39 Å². The van der Waals surface area contributed by atoms with Crippen LogP contribution < -0.4 is 5.32 Å². The molecule has 4 heteroatoms. The van der Waals surface area contributed by atoms with Crippen LogP contribution in [0.25, 0.3) is 10.6 Å². The Bertz CT molecular complexity index is 621. The Kier molecular flexibility index (Phi) is 3.85. The lowest BCUT2D eigenvalue weighted by Crippen LogP contribution is -2.20. The fourth-order valence-corrected chi connectivity index (χ4v) is 4.16. The monoisotopic (exact) mass is 290 g/mol. The third kappa shape index (κ3) is 2.50. The summed E-state index contributed by atoms with van der Waals surface area (Å²) < 4.78 is 13.5. The first-order valence-electron chi connectivity index (χ1n) is 7.09. The van der Waals surface area contributed by atoms with Gasteiger partial charge in [-0.1, -0.05) is 6.07 Å². The van der Waals surface area contributed by atoms with Crippen LogP contribution >= 0.6 is 11.3 Å². The highest BCUT2D eigenvalue weighted by Crippen LogP contribution is 2.38. The van der Waals surface area contributed by atoms with E-state index >= 15 is 0 Å². The minimum absolute atomic E-state index is 0.189. The third-order valence-corrected chi connectivity index (χ3v) is 5.12. The molecule has 2 aromatic rings. The Morgan fingerprint density at radius 3 is 3.10 bits per heavy atom. The maximum Gasteiger partial charge on any atom is 0.124 e. The Hall–Kier alpha value is -1.26. The minimum Gasteiger partial charge on any atom is -0.319 e. The van der Waals surface area contributed by atoms with Crippen molar-refractivity contribution in [2.24, 2.45) is 0 Å². The average Bonchev–Trinajstić information content (AvgIpc) is 2.87. The number of aromatic nitrogens is 1. The lowest BCUT2D eigenvalue weighted by atomic mass is 9.91. The van der Waals surface area contributed by atoms with E-state index in [4.69, 9.17) is 4.98 Å². The van der Waals surface area contributed by atoms with E-state index in [1.165, 1.54) is 29.5 Å². The Balaban J connectivity index is 2.02. The van der Waals surface area contributed by atoms with Crippen molar-refractivity contribution in [1.82, 2.24) is 10.3 Å². The quantitative estimate of drug-likeness (QED) is 0.927. The second kappa shape index (κ2) is 5.62. The fraction of sp³-hybridized carbons (Fsp3) is 0.438. The van der Waals surface area contributed by atoms with Crippen LogP contribution in [0.3, 0.4) is 0 Å². The molecule has 1 aliphatic rings. The summed E-state index contributed by atoms with van der Waals surface area (Å²) in [6.07, 6.45) is 3.53. The van der Waals surface area contributed by atoms with Gasteiger partial charge >= 0.3 is 0 Å². The highest BCUT2D eigenvalue weighted by atomic mass is 32.1. The highest BCUT2D eigenvalue weighted by Gasteiger charge is 2.25. The third-order valence-electron chi connectivity index (χ3n) is 3.95. The van der Waals surface area contributed by atoms with Crippen molar-refractivity contribution in [2.45, 2.75) is 32.1 Å². The molecule has 1 N–H and O–H groups in total. The molecule has 1 aromatic heterocycles. The van der Waals surface area contributed by atoms with Crippen molar-refractivity contribution in [3.8, 4) is 10.6 Å². The molecule has 0 saturated carbocycles. The summed E-state index contributed by atoms with van der Waals surface area (Å²) in [6, 6.07) is 4.94. The van der Waals surface area contributed by atoms with Crippen molar-refractivity contribution >= 4 is 11.3 Å². The smallest absolute Gasteiger partial charge is 0.124 e. The Morgan fingerprint density at radius 2 is 2.30 bits per heavy atom. The molecule has 3 rings (SSSR count). The molecule has 1 atom stereocenters. The Morgan fingerprint density at radius 1 is 1.45 bits per heavy atom. The minimum atomic E-state index is -0.189. The SMILES string of the molecule is CNCC1CCCc2sc(-c3cc(F)ccc3C)nc21. The molecule has 1 heterocycles. The van der Waals surface area contributed by atoms with Gasteiger partial charge in [0.15, 0.2) is 0 Å². The first-order valence-corrected chi connectivity index (χ1v) is 7.91. The van der Waals surface area contributed by atoms with Crippen molar-refractivity contribution in [1.29, 1.82) is 0 Å². The number of hydrogen-bond donors (Lipinski definition) is 1. The highest BCUT2D eigenvalue weighted by molar-refractivity contribution is 7.15. The van der Waals surface area contributed by atoms with Crippen molar-refractivity contribution in [3.05, 3.63) is 40.2 Å². The molecule has 0 aliphatic heterocycles. The Labute approximate surface area is 123 Å². The van der Waals surface area contributed by atoms with Crippen LogP contribution in [0.15, 0.2) is 18.2 Å². The maximum atomic E-state index is 13.5. The second-order valence-electron chi connectivity index (χ2n) is 5.43. The van der Waals surface area contributed by atoms with E-state index in [-0.39, 0.29) is 5.82 Å². The topological polar surface area (TPSA) is 24.9 Å². The summed E-state index contributed by atoms with van der Waals surface area (Å²) in [5.41, 5.74) is 3.25. The first kappa shape index (κ1) is 13.7. The van der Waals surface area contributed by atoms with Crippen LogP contribution in [0.5, 0.6) is 0 Å². The molecule has 2 nitrogen and oxygen atoms in total. The zero-order chi connectivity index (χ0) is 14.1. The standard InChI is InChI=1S/C16H19FN2S/c1-10-6-7-12(17)8-13(10)16-19-15-11(9-18-2)4-3-5-14(15)20-16/h6-8,11,18H,3-5,9H2,1-2H3. The molecule has 20 heavy (non-hydrogen) atoms. The summed E-state index contributed by atoms with van der Waals surface area (Å²) in [5.74, 6) is 0.313. The van der Waals surface area contributed by atoms with Gasteiger partial charge in [0.25, 0.3) is 0 Å². The molecule has 1 aliphatic carbocycles. The molecule has 0 fully saturated rings. The number of rotatable bonds is 3. The van der Waals surface area contributed by atoms with E-state index in [1.807, 2.05) is 20.0 Å². The number of thiazole rings is 1. The summed E-state index contributed by atoms with van der Waals surface area (Å²) >= 11 is 1.74. The molecule has 0 spiro atoms. The molecule has 0 bridgehead atoms. The van der Waals surface area contributed by atoms with E-state index < -0.39 is 0 Å². The molecule has 0 radical (unpaired) electrons. The number of benzene rings is 1. The lowest BCUT2D eigenvalue weighted by molar-refractivity contribution is 0.523. The van der Waals surface area contributed by atoms with Gasteiger partial charge in [0, 0.05) is 22.9 Å². The summed E-state index contributed by atoms with van der Waals surface area (Å²) in [7, 11) is 1.98. The van der Waals surface area contributed by atoms with Gasteiger partial charge in [-0.2, -0.15) is 0 Å². The van der Waals surface area contributed by atoms with E-state index in [1.54, 1.807) is 17.4 Å². The fourth-order valence-electron chi connectivity index (χ4n) is 2.89. The second-order valence-corrected chi connectivity index (χ2v) is 6.52. The van der Waals surface area contributed by atoms with Crippen molar-refractivity contribution in [3.63, 3.8) is 0 Å². The predicted octanol–water partition coefficient (Wildman–Crippen LogP) is 3.90. The lowest BCUT2D eigenvalue weighted by Gasteiger charge is -2.20. The number of nitrogens with one attached hydrogen (secondary N) is 1. The van der Waals surface area contributed by atoms with Gasteiger partial charge in [-0.05, 0) is 50.9 Å². The van der Waals surface area contributed by atoms with E-state index in [0.29, 0.717) is 5.92 Å². The number of aryl methyl sites for hydroxylation is 2. The molecular formula is C16H19FN2S. The van der Waals surface area contributed by atoms with Crippen LogP contribution in [-0.2, 0) is 6.42 Å².